The fourth-order valence-corrected chi connectivity index (χ4v) is 3.28. The Morgan fingerprint density at radius 2 is 1.84 bits per heavy atom. The summed E-state index contributed by atoms with van der Waals surface area (Å²) in [4.78, 5) is 26.3. The zero-order chi connectivity index (χ0) is 19.2. The summed E-state index contributed by atoms with van der Waals surface area (Å²) in [5.74, 6) is -1.43. The molecular weight excluding hydrogens is 322 g/mol. The Morgan fingerprint density at radius 3 is 2.28 bits per heavy atom. The summed E-state index contributed by atoms with van der Waals surface area (Å²) in [7, 11) is 1.53. The van der Waals surface area contributed by atoms with E-state index in [-0.39, 0.29) is 18.1 Å². The van der Waals surface area contributed by atoms with Gasteiger partial charge in [0.1, 0.15) is 6.04 Å². The molecule has 0 bridgehead atoms. The molecule has 2 N–H and O–H groups in total. The largest absolute Gasteiger partial charge is 0.504 e. The van der Waals surface area contributed by atoms with Gasteiger partial charge >= 0.3 is 5.97 Å². The lowest BCUT2D eigenvalue weighted by atomic mass is 9.69. The molecular formula is C19H27NO5. The van der Waals surface area contributed by atoms with Gasteiger partial charge in [-0.05, 0) is 43.5 Å². The Labute approximate surface area is 148 Å². The van der Waals surface area contributed by atoms with Crippen LogP contribution in [-0.2, 0) is 19.7 Å². The highest BCUT2D eigenvalue weighted by molar-refractivity contribution is 5.91. The number of nitrogens with zero attached hydrogens (tertiary/aromatic N) is 1. The molecule has 0 saturated heterocycles. The molecule has 0 saturated carbocycles. The number of phenolic OH excluding ortho intramolecular Hbond substituents is 2. The molecule has 0 fully saturated rings. The van der Waals surface area contributed by atoms with Crippen molar-refractivity contribution in [2.45, 2.75) is 45.1 Å². The Bertz CT molecular complexity index is 637. The predicted octanol–water partition coefficient (Wildman–Crippen LogP) is 2.73. The second kappa shape index (κ2) is 8.55. The number of likely N-dealkylation sites (N-methyl/N-ethyl adjacent to an activating group) is 1. The maximum atomic E-state index is 12.7. The highest BCUT2D eigenvalue weighted by Crippen LogP contribution is 2.41. The molecule has 1 aromatic rings. The number of aromatic hydroxyl groups is 2. The number of hydrogen-bond donors (Lipinski definition) is 2. The number of hydrogen-bond acceptors (Lipinski definition) is 5. The molecule has 6 nitrogen and oxygen atoms in total. The summed E-state index contributed by atoms with van der Waals surface area (Å²) in [5, 5.41) is 19.5. The molecule has 0 heterocycles. The standard InChI is InChI=1S/C19H27NO5/c1-6-16(23)20(5)17(18(24)25-9-4)19(7-2,8-3)13-10-11-14(21)15(22)12-13/h6,10-12,17,21-22H,1,7-9H2,2-5H3. The van der Waals surface area contributed by atoms with Crippen LogP contribution in [0.2, 0.25) is 0 Å². The van der Waals surface area contributed by atoms with Crippen molar-refractivity contribution in [1.82, 2.24) is 4.90 Å². The molecule has 138 valence electrons. The summed E-state index contributed by atoms with van der Waals surface area (Å²) in [6.45, 7) is 9.20. The van der Waals surface area contributed by atoms with E-state index in [0.29, 0.717) is 18.4 Å². The van der Waals surface area contributed by atoms with Crippen LogP contribution in [0.3, 0.4) is 0 Å². The third-order valence-electron chi connectivity index (χ3n) is 4.75. The molecule has 1 unspecified atom stereocenters. The van der Waals surface area contributed by atoms with Crippen LogP contribution >= 0.6 is 0 Å². The Kier molecular flexibility index (Phi) is 7.03. The average molecular weight is 349 g/mol. The number of rotatable bonds is 8. The summed E-state index contributed by atoms with van der Waals surface area (Å²) in [5.41, 5.74) is -0.139. The monoisotopic (exact) mass is 349 g/mol. The topological polar surface area (TPSA) is 87.1 Å². The summed E-state index contributed by atoms with van der Waals surface area (Å²) in [6, 6.07) is 3.57. The van der Waals surface area contributed by atoms with Crippen molar-refractivity contribution in [3.05, 3.63) is 36.4 Å². The molecule has 1 aromatic carbocycles. The predicted molar refractivity (Wildman–Crippen MR) is 95.4 cm³/mol. The van der Waals surface area contributed by atoms with Gasteiger partial charge in [-0.15, -0.1) is 0 Å². The molecule has 0 aliphatic rings. The second-order valence-electron chi connectivity index (χ2n) is 5.87. The second-order valence-corrected chi connectivity index (χ2v) is 5.87. The van der Waals surface area contributed by atoms with Crippen LogP contribution in [0, 0.1) is 0 Å². The number of carbonyl (C=O) groups is 2. The van der Waals surface area contributed by atoms with E-state index in [2.05, 4.69) is 6.58 Å². The van der Waals surface area contributed by atoms with Gasteiger partial charge in [-0.1, -0.05) is 26.5 Å². The fraction of sp³-hybridized carbons (Fsp3) is 0.474. The molecule has 0 spiro atoms. The van der Waals surface area contributed by atoms with Crippen LogP contribution in [0.1, 0.15) is 39.2 Å². The molecule has 6 heteroatoms. The van der Waals surface area contributed by atoms with Gasteiger partial charge in [-0.25, -0.2) is 4.79 Å². The lowest BCUT2D eigenvalue weighted by Crippen LogP contribution is -2.55. The van der Waals surface area contributed by atoms with Crippen LogP contribution < -0.4 is 0 Å². The Morgan fingerprint density at radius 1 is 1.24 bits per heavy atom. The molecule has 1 amide bonds. The third kappa shape index (κ3) is 3.95. The molecule has 0 radical (unpaired) electrons. The van der Waals surface area contributed by atoms with Crippen molar-refractivity contribution in [2.24, 2.45) is 0 Å². The maximum Gasteiger partial charge on any atom is 0.329 e. The van der Waals surface area contributed by atoms with Crippen molar-refractivity contribution in [3.63, 3.8) is 0 Å². The molecule has 1 rings (SSSR count). The average Bonchev–Trinajstić information content (AvgIpc) is 2.61. The third-order valence-corrected chi connectivity index (χ3v) is 4.75. The van der Waals surface area contributed by atoms with Crippen LogP contribution in [0.5, 0.6) is 11.5 Å². The Balaban J connectivity index is 3.59. The van der Waals surface area contributed by atoms with Gasteiger partial charge in [0.2, 0.25) is 5.91 Å². The first-order valence-electron chi connectivity index (χ1n) is 8.37. The van der Waals surface area contributed by atoms with E-state index >= 15 is 0 Å². The van der Waals surface area contributed by atoms with Gasteiger partial charge in [0.15, 0.2) is 11.5 Å². The minimum absolute atomic E-state index is 0.190. The van der Waals surface area contributed by atoms with Crippen molar-refractivity contribution in [1.29, 1.82) is 0 Å². The molecule has 1 atom stereocenters. The number of ether oxygens (including phenoxy) is 1. The smallest absolute Gasteiger partial charge is 0.329 e. The minimum atomic E-state index is -0.892. The van der Waals surface area contributed by atoms with E-state index < -0.39 is 23.3 Å². The van der Waals surface area contributed by atoms with Crippen LogP contribution in [0.25, 0.3) is 0 Å². The number of carbonyl (C=O) groups excluding carboxylic acids is 2. The molecule has 0 aliphatic heterocycles. The van der Waals surface area contributed by atoms with E-state index in [0.717, 1.165) is 6.08 Å². The maximum absolute atomic E-state index is 12.7. The van der Waals surface area contributed by atoms with Crippen LogP contribution in [-0.4, -0.2) is 46.7 Å². The van der Waals surface area contributed by atoms with Gasteiger partial charge < -0.3 is 19.8 Å². The molecule has 0 aromatic heterocycles. The lowest BCUT2D eigenvalue weighted by molar-refractivity contribution is -0.156. The Hall–Kier alpha value is -2.50. The molecule has 0 aliphatic carbocycles. The highest BCUT2D eigenvalue weighted by atomic mass is 16.5. The zero-order valence-corrected chi connectivity index (χ0v) is 15.3. The van der Waals surface area contributed by atoms with E-state index in [1.54, 1.807) is 13.0 Å². The summed E-state index contributed by atoms with van der Waals surface area (Å²) in [6.07, 6.45) is 2.19. The van der Waals surface area contributed by atoms with Crippen LogP contribution in [0.4, 0.5) is 0 Å². The van der Waals surface area contributed by atoms with Gasteiger partial charge in [0.05, 0.1) is 6.61 Å². The van der Waals surface area contributed by atoms with Gasteiger partial charge in [0.25, 0.3) is 0 Å². The normalized spacial score (nSPS) is 12.3. The van der Waals surface area contributed by atoms with Gasteiger partial charge in [0, 0.05) is 12.5 Å². The summed E-state index contributed by atoms with van der Waals surface area (Å²) < 4.78 is 5.23. The van der Waals surface area contributed by atoms with Crippen molar-refractivity contribution < 1.29 is 24.5 Å². The first-order chi connectivity index (χ1) is 11.8. The fourth-order valence-electron chi connectivity index (χ4n) is 3.28. The van der Waals surface area contributed by atoms with E-state index in [1.807, 2.05) is 13.8 Å². The lowest BCUT2D eigenvalue weighted by Gasteiger charge is -2.42. The van der Waals surface area contributed by atoms with Crippen molar-refractivity contribution in [3.8, 4) is 11.5 Å². The highest BCUT2D eigenvalue weighted by Gasteiger charge is 2.46. The first-order valence-corrected chi connectivity index (χ1v) is 8.37. The number of phenols is 2. The number of esters is 1. The first kappa shape index (κ1) is 20.5. The van der Waals surface area contributed by atoms with Crippen LogP contribution in [0.15, 0.2) is 30.9 Å². The van der Waals surface area contributed by atoms with E-state index in [4.69, 9.17) is 4.74 Å². The number of benzene rings is 1. The SMILES string of the molecule is C=CC(=O)N(C)C(C(=O)OCC)C(CC)(CC)c1ccc(O)c(O)c1. The van der Waals surface area contributed by atoms with Gasteiger partial charge in [-0.3, -0.25) is 4.79 Å². The van der Waals surface area contributed by atoms with Crippen molar-refractivity contribution in [2.75, 3.05) is 13.7 Å². The molecule has 25 heavy (non-hydrogen) atoms. The summed E-state index contributed by atoms with van der Waals surface area (Å²) >= 11 is 0. The number of amides is 1. The quantitative estimate of drug-likeness (QED) is 0.428. The van der Waals surface area contributed by atoms with E-state index in [9.17, 15) is 19.8 Å². The van der Waals surface area contributed by atoms with Crippen molar-refractivity contribution >= 4 is 11.9 Å². The van der Waals surface area contributed by atoms with E-state index in [1.165, 1.54) is 24.1 Å². The minimum Gasteiger partial charge on any atom is -0.504 e. The zero-order valence-electron chi connectivity index (χ0n) is 15.3. The van der Waals surface area contributed by atoms with Gasteiger partial charge in [-0.2, -0.15) is 0 Å².